The van der Waals surface area contributed by atoms with Crippen molar-refractivity contribution in [1.29, 1.82) is 0 Å². The first-order valence-corrected chi connectivity index (χ1v) is 10.2. The summed E-state index contributed by atoms with van der Waals surface area (Å²) in [5.74, 6) is -3.08. The number of carboxylic acid groups (broad SMARTS) is 2. The molecule has 0 bridgehead atoms. The van der Waals surface area contributed by atoms with Crippen LogP contribution in [0, 0.1) is 0 Å². The Morgan fingerprint density at radius 1 is 0.700 bits per heavy atom. The summed E-state index contributed by atoms with van der Waals surface area (Å²) in [6.07, 6.45) is 3.84. The molecule has 2 amide bonds. The standard InChI is InChI=1S/C21H34N2O7/c1-14(2)10-12-16(20(27)28)22-18(25)8-6-4-5-7-9-19(26)23-17(21(29)30)13-11-15(3)24/h16-17H,1,4-13H2,2-3H3,(H,22,25)(H,23,26)(H,27,28)(H,29,30)/t16-,17-/m0/s1. The van der Waals surface area contributed by atoms with Gasteiger partial charge in [0.2, 0.25) is 11.8 Å². The molecule has 0 spiro atoms. The normalized spacial score (nSPS) is 12.5. The van der Waals surface area contributed by atoms with Crippen molar-refractivity contribution in [2.24, 2.45) is 0 Å². The molecule has 4 N–H and O–H groups in total. The molecule has 0 saturated carbocycles. The molecule has 0 aliphatic carbocycles. The summed E-state index contributed by atoms with van der Waals surface area (Å²) in [6.45, 7) is 6.89. The lowest BCUT2D eigenvalue weighted by Gasteiger charge is -2.14. The highest BCUT2D eigenvalue weighted by Gasteiger charge is 2.20. The Labute approximate surface area is 177 Å². The number of aliphatic carboxylic acids is 2. The fourth-order valence-corrected chi connectivity index (χ4v) is 2.71. The van der Waals surface area contributed by atoms with Crippen molar-refractivity contribution in [1.82, 2.24) is 10.6 Å². The summed E-state index contributed by atoms with van der Waals surface area (Å²) in [5, 5.41) is 23.2. The number of carboxylic acids is 2. The lowest BCUT2D eigenvalue weighted by molar-refractivity contribution is -0.142. The van der Waals surface area contributed by atoms with Crippen molar-refractivity contribution in [2.75, 3.05) is 0 Å². The molecular weight excluding hydrogens is 392 g/mol. The Bertz CT molecular complexity index is 577. The van der Waals surface area contributed by atoms with Crippen molar-refractivity contribution in [2.45, 2.75) is 90.1 Å². The van der Waals surface area contributed by atoms with Crippen LogP contribution in [0.15, 0.2) is 12.2 Å². The fourth-order valence-electron chi connectivity index (χ4n) is 2.71. The molecule has 30 heavy (non-hydrogen) atoms. The number of unbranched alkanes of at least 4 members (excludes halogenated alkanes) is 3. The van der Waals surface area contributed by atoms with Gasteiger partial charge in [-0.25, -0.2) is 9.59 Å². The highest BCUT2D eigenvalue weighted by Crippen LogP contribution is 2.09. The maximum atomic E-state index is 11.9. The molecule has 0 heterocycles. The summed E-state index contributed by atoms with van der Waals surface area (Å²) in [5.41, 5.74) is 0.855. The quantitative estimate of drug-likeness (QED) is 0.206. The zero-order valence-corrected chi connectivity index (χ0v) is 17.9. The summed E-state index contributed by atoms with van der Waals surface area (Å²) in [4.78, 5) is 57.0. The van der Waals surface area contributed by atoms with E-state index in [9.17, 15) is 24.0 Å². The zero-order chi connectivity index (χ0) is 23.1. The smallest absolute Gasteiger partial charge is 0.326 e. The van der Waals surface area contributed by atoms with Gasteiger partial charge in [-0.15, -0.1) is 6.58 Å². The minimum atomic E-state index is -1.17. The van der Waals surface area contributed by atoms with Crippen LogP contribution in [0.1, 0.15) is 78.1 Å². The highest BCUT2D eigenvalue weighted by molar-refractivity contribution is 5.84. The minimum absolute atomic E-state index is 0.0647. The van der Waals surface area contributed by atoms with Gasteiger partial charge in [-0.3, -0.25) is 9.59 Å². The monoisotopic (exact) mass is 426 g/mol. The Morgan fingerprint density at radius 3 is 1.43 bits per heavy atom. The predicted octanol–water partition coefficient (Wildman–Crippen LogP) is 2.19. The van der Waals surface area contributed by atoms with Gasteiger partial charge in [-0.1, -0.05) is 18.4 Å². The maximum absolute atomic E-state index is 11.9. The van der Waals surface area contributed by atoms with E-state index < -0.39 is 24.0 Å². The average molecular weight is 427 g/mol. The van der Waals surface area contributed by atoms with E-state index in [4.69, 9.17) is 10.2 Å². The molecule has 0 aromatic heterocycles. The van der Waals surface area contributed by atoms with E-state index in [-0.39, 0.29) is 43.3 Å². The lowest BCUT2D eigenvalue weighted by atomic mass is 10.1. The largest absolute Gasteiger partial charge is 0.480 e. The second kappa shape index (κ2) is 15.2. The fraction of sp³-hybridized carbons (Fsp3) is 0.667. The number of Topliss-reactive ketones (excluding diaryl/α,β-unsaturated/α-hetero) is 1. The third-order valence-corrected chi connectivity index (χ3v) is 4.47. The Hall–Kier alpha value is -2.71. The molecule has 170 valence electrons. The SMILES string of the molecule is C=C(C)CC[C@H](NC(=O)CCCCCCC(=O)N[C@@H](CCC(C)=O)C(=O)O)C(=O)O. The Morgan fingerprint density at radius 2 is 1.10 bits per heavy atom. The van der Waals surface area contributed by atoms with Gasteiger partial charge in [0.25, 0.3) is 0 Å². The van der Waals surface area contributed by atoms with E-state index in [2.05, 4.69) is 17.2 Å². The third kappa shape index (κ3) is 14.3. The van der Waals surface area contributed by atoms with E-state index in [0.717, 1.165) is 5.57 Å². The van der Waals surface area contributed by atoms with Crippen LogP contribution in [-0.4, -0.2) is 51.8 Å². The van der Waals surface area contributed by atoms with Gasteiger partial charge in [0.05, 0.1) is 0 Å². The van der Waals surface area contributed by atoms with E-state index in [1.165, 1.54) is 6.92 Å². The second-order valence-corrected chi connectivity index (χ2v) is 7.57. The molecule has 0 unspecified atom stereocenters. The average Bonchev–Trinajstić information content (AvgIpc) is 2.63. The van der Waals surface area contributed by atoms with Crippen molar-refractivity contribution in [3.63, 3.8) is 0 Å². The summed E-state index contributed by atoms with van der Waals surface area (Å²) in [7, 11) is 0. The summed E-state index contributed by atoms with van der Waals surface area (Å²) in [6, 6.07) is -2.00. The second-order valence-electron chi connectivity index (χ2n) is 7.57. The molecule has 0 fully saturated rings. The molecular formula is C21H34N2O7. The van der Waals surface area contributed by atoms with E-state index in [0.29, 0.717) is 38.5 Å². The predicted molar refractivity (Wildman–Crippen MR) is 111 cm³/mol. The van der Waals surface area contributed by atoms with Crippen molar-refractivity contribution < 1.29 is 34.2 Å². The first-order valence-electron chi connectivity index (χ1n) is 10.2. The number of rotatable bonds is 17. The summed E-state index contributed by atoms with van der Waals surface area (Å²) < 4.78 is 0. The summed E-state index contributed by atoms with van der Waals surface area (Å²) >= 11 is 0. The van der Waals surface area contributed by atoms with E-state index in [1.54, 1.807) is 6.92 Å². The van der Waals surface area contributed by atoms with Gasteiger partial charge in [0.1, 0.15) is 17.9 Å². The third-order valence-electron chi connectivity index (χ3n) is 4.47. The molecule has 0 rings (SSSR count). The van der Waals surface area contributed by atoms with Gasteiger partial charge in [-0.05, 0) is 46.0 Å². The number of carbonyl (C=O) groups excluding carboxylic acids is 3. The number of carbonyl (C=O) groups is 5. The number of amides is 2. The van der Waals surface area contributed by atoms with Crippen molar-refractivity contribution in [3.8, 4) is 0 Å². The molecule has 0 aliphatic rings. The Balaban J connectivity index is 4.03. The zero-order valence-electron chi connectivity index (χ0n) is 17.9. The van der Waals surface area contributed by atoms with Gasteiger partial charge < -0.3 is 25.6 Å². The molecule has 0 aliphatic heterocycles. The van der Waals surface area contributed by atoms with E-state index >= 15 is 0 Å². The molecule has 0 aromatic rings. The van der Waals surface area contributed by atoms with Gasteiger partial charge in [0, 0.05) is 19.3 Å². The number of ketones is 1. The van der Waals surface area contributed by atoms with Crippen LogP contribution in [0.3, 0.4) is 0 Å². The van der Waals surface area contributed by atoms with Crippen LogP contribution >= 0.6 is 0 Å². The number of hydrogen-bond acceptors (Lipinski definition) is 5. The van der Waals surface area contributed by atoms with Gasteiger partial charge >= 0.3 is 11.9 Å². The van der Waals surface area contributed by atoms with Crippen LogP contribution in [0.25, 0.3) is 0 Å². The molecule has 0 saturated heterocycles. The first-order chi connectivity index (χ1) is 14.0. The minimum Gasteiger partial charge on any atom is -0.480 e. The molecule has 0 radical (unpaired) electrons. The first kappa shape index (κ1) is 27.3. The molecule has 9 heteroatoms. The molecule has 2 atom stereocenters. The van der Waals surface area contributed by atoms with Gasteiger partial charge in [0.15, 0.2) is 0 Å². The van der Waals surface area contributed by atoms with Crippen LogP contribution in [0.5, 0.6) is 0 Å². The number of nitrogens with one attached hydrogen (secondary N) is 2. The van der Waals surface area contributed by atoms with Crippen LogP contribution < -0.4 is 10.6 Å². The lowest BCUT2D eigenvalue weighted by Crippen LogP contribution is -2.41. The number of hydrogen-bond donors (Lipinski definition) is 4. The molecule has 0 aromatic carbocycles. The van der Waals surface area contributed by atoms with Crippen LogP contribution in [-0.2, 0) is 24.0 Å². The Kier molecular flexibility index (Phi) is 13.8. The maximum Gasteiger partial charge on any atom is 0.326 e. The number of allylic oxidation sites excluding steroid dienone is 1. The van der Waals surface area contributed by atoms with Crippen LogP contribution in [0.4, 0.5) is 0 Å². The van der Waals surface area contributed by atoms with Crippen molar-refractivity contribution >= 4 is 29.5 Å². The van der Waals surface area contributed by atoms with E-state index in [1.807, 2.05) is 0 Å². The van der Waals surface area contributed by atoms with Crippen molar-refractivity contribution in [3.05, 3.63) is 12.2 Å². The molecule has 9 nitrogen and oxygen atoms in total. The highest BCUT2D eigenvalue weighted by atomic mass is 16.4. The topological polar surface area (TPSA) is 150 Å². The van der Waals surface area contributed by atoms with Gasteiger partial charge in [-0.2, -0.15) is 0 Å². The van der Waals surface area contributed by atoms with Crippen LogP contribution in [0.2, 0.25) is 0 Å².